The molecule has 1 heterocycles. The molecule has 1 fully saturated rings. The van der Waals surface area contributed by atoms with Crippen LogP contribution in [0.15, 0.2) is 24.3 Å². The Kier molecular flexibility index (Phi) is 4.97. The normalized spacial score (nSPS) is 18.5. The van der Waals surface area contributed by atoms with Crippen LogP contribution >= 0.6 is 0 Å². The predicted molar refractivity (Wildman–Crippen MR) is 78.2 cm³/mol. The summed E-state index contributed by atoms with van der Waals surface area (Å²) in [7, 11) is 0. The van der Waals surface area contributed by atoms with Crippen LogP contribution in [0, 0.1) is 6.92 Å². The summed E-state index contributed by atoms with van der Waals surface area (Å²) in [6.07, 6.45) is 2.93. The molecule has 19 heavy (non-hydrogen) atoms. The molecule has 1 aromatic rings. The largest absolute Gasteiger partial charge is 0.341 e. The van der Waals surface area contributed by atoms with Crippen molar-refractivity contribution in [2.24, 2.45) is 0 Å². The van der Waals surface area contributed by atoms with Gasteiger partial charge in [-0.1, -0.05) is 29.8 Å². The van der Waals surface area contributed by atoms with Crippen molar-refractivity contribution in [2.75, 3.05) is 19.6 Å². The summed E-state index contributed by atoms with van der Waals surface area (Å²) in [5, 5.41) is 3.45. The summed E-state index contributed by atoms with van der Waals surface area (Å²) in [5.41, 5.74) is 2.34. The first kappa shape index (κ1) is 14.1. The van der Waals surface area contributed by atoms with Crippen molar-refractivity contribution in [3.05, 3.63) is 35.4 Å². The molecule has 1 unspecified atom stereocenters. The fourth-order valence-corrected chi connectivity index (χ4v) is 2.58. The van der Waals surface area contributed by atoms with Gasteiger partial charge in [0.05, 0.1) is 6.42 Å². The molecule has 0 radical (unpaired) electrons. The van der Waals surface area contributed by atoms with Crippen LogP contribution in [0.3, 0.4) is 0 Å². The highest BCUT2D eigenvalue weighted by atomic mass is 16.2. The Morgan fingerprint density at radius 2 is 2.11 bits per heavy atom. The van der Waals surface area contributed by atoms with Gasteiger partial charge in [0.2, 0.25) is 5.91 Å². The van der Waals surface area contributed by atoms with Crippen molar-refractivity contribution in [3.8, 4) is 0 Å². The minimum absolute atomic E-state index is 0.236. The van der Waals surface area contributed by atoms with E-state index in [1.807, 2.05) is 4.90 Å². The summed E-state index contributed by atoms with van der Waals surface area (Å²) in [5.74, 6) is 0.236. The van der Waals surface area contributed by atoms with Gasteiger partial charge in [0.25, 0.3) is 0 Å². The Labute approximate surface area is 116 Å². The van der Waals surface area contributed by atoms with Crippen molar-refractivity contribution in [3.63, 3.8) is 0 Å². The molecule has 1 aliphatic heterocycles. The third-order valence-electron chi connectivity index (χ3n) is 3.81. The number of carbonyl (C=O) groups is 1. The molecular formula is C16H24N2O. The average Bonchev–Trinajstić information content (AvgIpc) is 2.91. The molecule has 1 atom stereocenters. The first-order valence-corrected chi connectivity index (χ1v) is 7.25. The van der Waals surface area contributed by atoms with E-state index in [0.29, 0.717) is 12.5 Å². The highest BCUT2D eigenvalue weighted by Crippen LogP contribution is 2.10. The summed E-state index contributed by atoms with van der Waals surface area (Å²) in [6.45, 7) is 6.86. The molecule has 1 saturated heterocycles. The van der Waals surface area contributed by atoms with E-state index in [0.717, 1.165) is 25.2 Å². The Hall–Kier alpha value is -1.35. The van der Waals surface area contributed by atoms with Crippen molar-refractivity contribution in [1.82, 2.24) is 10.2 Å². The van der Waals surface area contributed by atoms with Gasteiger partial charge in [-0.3, -0.25) is 4.79 Å². The van der Waals surface area contributed by atoms with E-state index < -0.39 is 0 Å². The van der Waals surface area contributed by atoms with Crippen molar-refractivity contribution in [2.45, 2.75) is 39.2 Å². The van der Waals surface area contributed by atoms with Gasteiger partial charge >= 0.3 is 0 Å². The molecule has 104 valence electrons. The number of aryl methyl sites for hydroxylation is 1. The van der Waals surface area contributed by atoms with Crippen LogP contribution < -0.4 is 5.32 Å². The molecule has 0 aromatic heterocycles. The van der Waals surface area contributed by atoms with Crippen LogP contribution in [-0.2, 0) is 11.2 Å². The summed E-state index contributed by atoms with van der Waals surface area (Å²) < 4.78 is 0. The number of nitrogens with one attached hydrogen (secondary N) is 1. The van der Waals surface area contributed by atoms with Gasteiger partial charge in [-0.15, -0.1) is 0 Å². The molecule has 0 bridgehead atoms. The van der Waals surface area contributed by atoms with E-state index in [-0.39, 0.29) is 5.91 Å². The minimum Gasteiger partial charge on any atom is -0.341 e. The van der Waals surface area contributed by atoms with E-state index >= 15 is 0 Å². The maximum Gasteiger partial charge on any atom is 0.227 e. The van der Waals surface area contributed by atoms with Crippen LogP contribution in [0.25, 0.3) is 0 Å². The molecule has 3 nitrogen and oxygen atoms in total. The summed E-state index contributed by atoms with van der Waals surface area (Å²) in [6, 6.07) is 8.72. The Balaban J connectivity index is 1.90. The van der Waals surface area contributed by atoms with Crippen LogP contribution in [0.1, 0.15) is 30.9 Å². The highest BCUT2D eigenvalue weighted by Gasteiger charge is 2.20. The number of rotatable bonds is 5. The zero-order chi connectivity index (χ0) is 13.7. The quantitative estimate of drug-likeness (QED) is 0.879. The van der Waals surface area contributed by atoms with Gasteiger partial charge in [0.1, 0.15) is 0 Å². The van der Waals surface area contributed by atoms with E-state index in [4.69, 9.17) is 0 Å². The van der Waals surface area contributed by atoms with Crippen molar-refractivity contribution < 1.29 is 4.79 Å². The fraction of sp³-hybridized carbons (Fsp3) is 0.562. The SMILES string of the molecule is CCN(CC1CCCN1)C(=O)Cc1ccc(C)cc1. The molecular weight excluding hydrogens is 236 g/mol. The third-order valence-corrected chi connectivity index (χ3v) is 3.81. The number of hydrogen-bond donors (Lipinski definition) is 1. The molecule has 1 N–H and O–H groups in total. The highest BCUT2D eigenvalue weighted by molar-refractivity contribution is 5.78. The maximum absolute atomic E-state index is 12.3. The van der Waals surface area contributed by atoms with Gasteiger partial charge in [0.15, 0.2) is 0 Å². The second-order valence-electron chi connectivity index (χ2n) is 5.39. The van der Waals surface area contributed by atoms with Crippen LogP contribution in [0.4, 0.5) is 0 Å². The topological polar surface area (TPSA) is 32.3 Å². The first-order chi connectivity index (χ1) is 9.19. The van der Waals surface area contributed by atoms with Crippen molar-refractivity contribution >= 4 is 5.91 Å². The van der Waals surface area contributed by atoms with E-state index in [2.05, 4.69) is 43.4 Å². The van der Waals surface area contributed by atoms with E-state index in [1.165, 1.54) is 18.4 Å². The van der Waals surface area contributed by atoms with Crippen LogP contribution in [0.2, 0.25) is 0 Å². The number of likely N-dealkylation sites (N-methyl/N-ethyl adjacent to an activating group) is 1. The second kappa shape index (κ2) is 6.71. The van der Waals surface area contributed by atoms with Crippen molar-refractivity contribution in [1.29, 1.82) is 0 Å². The molecule has 1 aliphatic rings. The Morgan fingerprint density at radius 1 is 1.37 bits per heavy atom. The van der Waals surface area contributed by atoms with Gasteiger partial charge < -0.3 is 10.2 Å². The summed E-state index contributed by atoms with van der Waals surface area (Å²) in [4.78, 5) is 14.3. The van der Waals surface area contributed by atoms with E-state index in [1.54, 1.807) is 0 Å². The standard InChI is InChI=1S/C16H24N2O/c1-3-18(12-15-5-4-10-17-15)16(19)11-14-8-6-13(2)7-9-14/h6-9,15,17H,3-5,10-12H2,1-2H3. The first-order valence-electron chi connectivity index (χ1n) is 7.25. The van der Waals surface area contributed by atoms with Gasteiger partial charge in [-0.25, -0.2) is 0 Å². The van der Waals surface area contributed by atoms with Crippen LogP contribution in [-0.4, -0.2) is 36.5 Å². The van der Waals surface area contributed by atoms with Gasteiger partial charge in [0, 0.05) is 19.1 Å². The lowest BCUT2D eigenvalue weighted by Crippen LogP contribution is -2.41. The summed E-state index contributed by atoms with van der Waals surface area (Å²) >= 11 is 0. The predicted octanol–water partition coefficient (Wildman–Crippen LogP) is 2.14. The smallest absolute Gasteiger partial charge is 0.227 e. The molecule has 0 aliphatic carbocycles. The lowest BCUT2D eigenvalue weighted by Gasteiger charge is -2.24. The zero-order valence-corrected chi connectivity index (χ0v) is 12.0. The number of benzene rings is 1. The number of nitrogens with zero attached hydrogens (tertiary/aromatic N) is 1. The zero-order valence-electron chi connectivity index (χ0n) is 12.0. The van der Waals surface area contributed by atoms with Gasteiger partial charge in [-0.05, 0) is 38.8 Å². The second-order valence-corrected chi connectivity index (χ2v) is 5.39. The molecule has 0 spiro atoms. The Bertz CT molecular complexity index is 407. The molecule has 1 aromatic carbocycles. The molecule has 1 amide bonds. The number of amides is 1. The van der Waals surface area contributed by atoms with E-state index in [9.17, 15) is 4.79 Å². The van der Waals surface area contributed by atoms with Gasteiger partial charge in [-0.2, -0.15) is 0 Å². The van der Waals surface area contributed by atoms with Crippen LogP contribution in [0.5, 0.6) is 0 Å². The molecule has 0 saturated carbocycles. The average molecular weight is 260 g/mol. The lowest BCUT2D eigenvalue weighted by atomic mass is 10.1. The lowest BCUT2D eigenvalue weighted by molar-refractivity contribution is -0.130. The molecule has 3 heteroatoms. The number of hydrogen-bond acceptors (Lipinski definition) is 2. The Morgan fingerprint density at radius 3 is 2.68 bits per heavy atom. The minimum atomic E-state index is 0.236. The maximum atomic E-state index is 12.3. The third kappa shape index (κ3) is 4.06. The molecule has 2 rings (SSSR count). The monoisotopic (exact) mass is 260 g/mol. The number of carbonyl (C=O) groups excluding carboxylic acids is 1. The fourth-order valence-electron chi connectivity index (χ4n) is 2.58.